The highest BCUT2D eigenvalue weighted by atomic mass is 32.1. The van der Waals surface area contributed by atoms with Crippen LogP contribution in [0.2, 0.25) is 0 Å². The number of thiocarbonyl (C=S) groups is 1. The number of rotatable bonds is 6. The fourth-order valence-corrected chi connectivity index (χ4v) is 2.59. The Morgan fingerprint density at radius 3 is 2.88 bits per heavy atom. The van der Waals surface area contributed by atoms with E-state index in [1.807, 2.05) is 6.92 Å². The molecule has 24 heavy (non-hydrogen) atoms. The molecule has 0 saturated heterocycles. The Morgan fingerprint density at radius 2 is 2.21 bits per heavy atom. The number of nitrogens with one attached hydrogen (secondary N) is 1. The fourth-order valence-electron chi connectivity index (χ4n) is 2.33. The Morgan fingerprint density at radius 1 is 1.46 bits per heavy atom. The number of esters is 1. The summed E-state index contributed by atoms with van der Waals surface area (Å²) in [7, 11) is 1.28. The normalized spacial score (nSPS) is 19.4. The molecule has 7 nitrogen and oxygen atoms in total. The number of amides is 2. The average Bonchev–Trinajstić information content (AvgIpc) is 2.57. The van der Waals surface area contributed by atoms with Crippen LogP contribution in [-0.4, -0.2) is 53.7 Å². The molecule has 1 N–H and O–H groups in total. The van der Waals surface area contributed by atoms with Crippen LogP contribution >= 0.6 is 12.2 Å². The van der Waals surface area contributed by atoms with Crippen LogP contribution in [0.15, 0.2) is 28.8 Å². The molecule has 1 heterocycles. The third-order valence-electron chi connectivity index (χ3n) is 3.65. The monoisotopic (exact) mass is 349 g/mol. The van der Waals surface area contributed by atoms with Crippen LogP contribution in [0.4, 0.5) is 0 Å². The summed E-state index contributed by atoms with van der Waals surface area (Å²) in [6, 6.07) is 0. The molecule has 0 bridgehead atoms. The lowest BCUT2D eigenvalue weighted by atomic mass is 9.92. The Labute approximate surface area is 145 Å². The molecule has 1 atom stereocenters. The second-order valence-corrected chi connectivity index (χ2v) is 5.74. The predicted molar refractivity (Wildman–Crippen MR) is 92.4 cm³/mol. The van der Waals surface area contributed by atoms with E-state index in [2.05, 4.69) is 15.0 Å². The smallest absolute Gasteiger partial charge is 0.337 e. The number of hydrogen-bond acceptors (Lipinski definition) is 5. The van der Waals surface area contributed by atoms with Gasteiger partial charge < -0.3 is 10.1 Å². The topological polar surface area (TPSA) is 88.1 Å². The van der Waals surface area contributed by atoms with Crippen molar-refractivity contribution in [3.8, 4) is 0 Å². The highest BCUT2D eigenvalue weighted by Gasteiger charge is 2.36. The lowest BCUT2D eigenvalue weighted by molar-refractivity contribution is -0.135. The number of unbranched alkanes of at least 4 members (excludes halogenated alkanes) is 1. The summed E-state index contributed by atoms with van der Waals surface area (Å²) in [5.74, 6) is -1.76. The van der Waals surface area contributed by atoms with Crippen LogP contribution in [0.1, 0.15) is 19.8 Å². The number of carbonyl (C=O) groups excluding carboxylic acids is 3. The summed E-state index contributed by atoms with van der Waals surface area (Å²) in [5.41, 5.74) is 0.685. The van der Waals surface area contributed by atoms with Gasteiger partial charge in [0.15, 0.2) is 0 Å². The molecule has 0 aromatic rings. The van der Waals surface area contributed by atoms with Crippen molar-refractivity contribution in [2.24, 2.45) is 10.9 Å². The second-order valence-electron chi connectivity index (χ2n) is 5.38. The lowest BCUT2D eigenvalue weighted by Gasteiger charge is -2.30. The van der Waals surface area contributed by atoms with E-state index in [1.54, 1.807) is 6.08 Å². The van der Waals surface area contributed by atoms with E-state index in [-0.39, 0.29) is 23.5 Å². The van der Waals surface area contributed by atoms with Crippen LogP contribution in [0.5, 0.6) is 0 Å². The van der Waals surface area contributed by atoms with Gasteiger partial charge in [0, 0.05) is 6.54 Å². The van der Waals surface area contributed by atoms with Crippen molar-refractivity contribution in [2.45, 2.75) is 19.8 Å². The number of carbonyl (C=O) groups is 3. The van der Waals surface area contributed by atoms with Gasteiger partial charge in [0.1, 0.15) is 6.54 Å². The minimum atomic E-state index is -0.645. The maximum Gasteiger partial charge on any atom is 0.337 e. The van der Waals surface area contributed by atoms with Gasteiger partial charge in [-0.05, 0) is 24.7 Å². The van der Waals surface area contributed by atoms with Gasteiger partial charge in [-0.3, -0.25) is 14.5 Å². The third kappa shape index (κ3) is 3.94. The molecule has 0 aromatic heterocycles. The van der Waals surface area contributed by atoms with Crippen LogP contribution in [0, 0.1) is 5.92 Å². The van der Waals surface area contributed by atoms with E-state index in [9.17, 15) is 14.4 Å². The maximum atomic E-state index is 12.6. The quantitative estimate of drug-likeness (QED) is 0.434. The van der Waals surface area contributed by atoms with E-state index in [0.717, 1.165) is 12.8 Å². The molecule has 1 unspecified atom stereocenters. The van der Waals surface area contributed by atoms with Gasteiger partial charge in [0.25, 0.3) is 0 Å². The number of nitrogens with zero attached hydrogens (tertiary/aromatic N) is 2. The minimum Gasteiger partial charge on any atom is -0.465 e. The first-order valence-corrected chi connectivity index (χ1v) is 8.07. The van der Waals surface area contributed by atoms with Crippen molar-refractivity contribution in [2.75, 3.05) is 20.2 Å². The first kappa shape index (κ1) is 18.0. The van der Waals surface area contributed by atoms with Crippen molar-refractivity contribution in [3.05, 3.63) is 23.8 Å². The predicted octanol–water partition coefficient (Wildman–Crippen LogP) is 0.756. The van der Waals surface area contributed by atoms with Crippen LogP contribution in [0.25, 0.3) is 0 Å². The van der Waals surface area contributed by atoms with Crippen LogP contribution in [0.3, 0.4) is 0 Å². The molecule has 0 spiro atoms. The zero-order valence-electron chi connectivity index (χ0n) is 13.6. The average molecular weight is 349 g/mol. The van der Waals surface area contributed by atoms with E-state index in [0.29, 0.717) is 17.8 Å². The summed E-state index contributed by atoms with van der Waals surface area (Å²) in [6.45, 7) is 2.43. The van der Waals surface area contributed by atoms with Gasteiger partial charge >= 0.3 is 5.97 Å². The largest absolute Gasteiger partial charge is 0.465 e. The van der Waals surface area contributed by atoms with Crippen molar-refractivity contribution < 1.29 is 19.1 Å². The molecule has 128 valence electrons. The van der Waals surface area contributed by atoms with Crippen molar-refractivity contribution in [3.63, 3.8) is 0 Å². The van der Waals surface area contributed by atoms with E-state index < -0.39 is 11.9 Å². The van der Waals surface area contributed by atoms with Crippen molar-refractivity contribution in [1.29, 1.82) is 0 Å². The number of aliphatic imine (C=N–C) groups is 1. The molecule has 8 heteroatoms. The summed E-state index contributed by atoms with van der Waals surface area (Å²) in [5, 5.41) is 2.76. The highest BCUT2D eigenvalue weighted by molar-refractivity contribution is 7.80. The molecule has 2 aliphatic rings. The Bertz CT molecular complexity index is 666. The number of hydrogen-bond donors (Lipinski definition) is 1. The first-order valence-electron chi connectivity index (χ1n) is 7.66. The number of allylic oxidation sites excluding steroid dienone is 1. The minimum absolute atomic E-state index is 0.0210. The van der Waals surface area contributed by atoms with Gasteiger partial charge in [-0.1, -0.05) is 25.5 Å². The zero-order chi connectivity index (χ0) is 17.7. The standard InChI is InChI=1S/C16H19N3O4S/c1-3-4-7-17-13(20)9-19-14(21)11-6-5-10(15(22)23-2)8-12(11)18-16(19)24/h5-6,8,11H,3-4,7,9H2,1-2H3,(H,17,20). The maximum absolute atomic E-state index is 12.6. The van der Waals surface area contributed by atoms with E-state index in [4.69, 9.17) is 12.2 Å². The van der Waals surface area contributed by atoms with Gasteiger partial charge in [-0.15, -0.1) is 0 Å². The molecule has 0 fully saturated rings. The van der Waals surface area contributed by atoms with E-state index >= 15 is 0 Å². The molecule has 1 aliphatic carbocycles. The van der Waals surface area contributed by atoms with Gasteiger partial charge in [0.2, 0.25) is 16.9 Å². The first-order chi connectivity index (χ1) is 11.5. The second kappa shape index (κ2) is 7.96. The molecule has 1 aliphatic heterocycles. The van der Waals surface area contributed by atoms with Crippen LogP contribution < -0.4 is 5.32 Å². The SMILES string of the molecule is CCCCNC(=O)CN1C(=O)C2C=CC(C(=O)OC)=CC2=NC1=S. The van der Waals surface area contributed by atoms with Gasteiger partial charge in [0.05, 0.1) is 24.3 Å². The molecular formula is C16H19N3O4S. The molecule has 2 rings (SSSR count). The summed E-state index contributed by atoms with van der Waals surface area (Å²) in [6.07, 6.45) is 6.41. The third-order valence-corrected chi connectivity index (χ3v) is 3.96. The number of methoxy groups -OCH3 is 1. The summed E-state index contributed by atoms with van der Waals surface area (Å²) in [4.78, 5) is 41.4. The zero-order valence-corrected chi connectivity index (χ0v) is 14.4. The highest BCUT2D eigenvalue weighted by Crippen LogP contribution is 2.22. The summed E-state index contributed by atoms with van der Waals surface area (Å²) >= 11 is 5.13. The Hall–Kier alpha value is -2.35. The molecular weight excluding hydrogens is 330 g/mol. The molecule has 0 radical (unpaired) electrons. The van der Waals surface area contributed by atoms with E-state index in [1.165, 1.54) is 24.2 Å². The molecule has 0 aromatic carbocycles. The lowest BCUT2D eigenvalue weighted by Crippen LogP contribution is -2.50. The van der Waals surface area contributed by atoms with Gasteiger partial charge in [-0.25, -0.2) is 9.79 Å². The summed E-state index contributed by atoms with van der Waals surface area (Å²) < 4.78 is 4.65. The Kier molecular flexibility index (Phi) is 5.97. The number of ether oxygens (including phenoxy) is 1. The van der Waals surface area contributed by atoms with Crippen molar-refractivity contribution >= 4 is 40.8 Å². The fraction of sp³-hybridized carbons (Fsp3) is 0.438. The van der Waals surface area contributed by atoms with Crippen molar-refractivity contribution in [1.82, 2.24) is 10.2 Å². The van der Waals surface area contributed by atoms with Gasteiger partial charge in [-0.2, -0.15) is 0 Å². The molecule has 0 saturated carbocycles. The van der Waals surface area contributed by atoms with Crippen LogP contribution in [-0.2, 0) is 19.1 Å². The Balaban J connectivity index is 2.11. The molecule has 2 amide bonds. The number of fused-ring (bicyclic) bond motifs is 1.